The first-order chi connectivity index (χ1) is 14.8. The van der Waals surface area contributed by atoms with E-state index in [2.05, 4.69) is 5.32 Å². The van der Waals surface area contributed by atoms with Gasteiger partial charge in [-0.2, -0.15) is 0 Å². The maximum atomic E-state index is 13.4. The molecule has 1 aromatic rings. The van der Waals surface area contributed by atoms with Gasteiger partial charge in [-0.15, -0.1) is 0 Å². The fourth-order valence-electron chi connectivity index (χ4n) is 2.88. The zero-order valence-corrected chi connectivity index (χ0v) is 18.4. The topological polar surface area (TPSA) is 182 Å². The van der Waals surface area contributed by atoms with Crippen molar-refractivity contribution in [1.82, 2.24) is 10.2 Å². The third-order valence-corrected chi connectivity index (χ3v) is 4.21. The minimum Gasteiger partial charge on any atom is -0.481 e. The van der Waals surface area contributed by atoms with Crippen LogP contribution in [0.25, 0.3) is 0 Å². The minimum atomic E-state index is -1.45. The van der Waals surface area contributed by atoms with Gasteiger partial charge >= 0.3 is 12.1 Å². The molecule has 0 saturated carbocycles. The minimum absolute atomic E-state index is 0.113. The Kier molecular flexibility index (Phi) is 9.64. The van der Waals surface area contributed by atoms with Crippen molar-refractivity contribution in [3.63, 3.8) is 0 Å². The maximum Gasteiger partial charge on any atom is 0.408 e. The van der Waals surface area contributed by atoms with Crippen LogP contribution in [0.15, 0.2) is 30.3 Å². The van der Waals surface area contributed by atoms with E-state index in [-0.39, 0.29) is 13.0 Å². The van der Waals surface area contributed by atoms with Crippen LogP contribution in [-0.4, -0.2) is 57.5 Å². The van der Waals surface area contributed by atoms with Gasteiger partial charge in [0.25, 0.3) is 0 Å². The molecule has 11 heteroatoms. The van der Waals surface area contributed by atoms with E-state index in [1.54, 1.807) is 51.1 Å². The number of primary amides is 2. The number of carbonyl (C=O) groups is 5. The first-order valence-corrected chi connectivity index (χ1v) is 9.93. The standard InChI is InChI=1S/C21H30N4O7/c1-21(2,3)32-20(31)24-14(11-16(22)26)19(30)25(12-13-7-5-4-6-8-13)15(18(23)29)9-10-17(27)28/h4-8,14-15H,9-12H2,1-3H3,(H2,22,26)(H2,23,29)(H,24,31)(H,27,28)/t14-,15+/m0/s1. The third-order valence-electron chi connectivity index (χ3n) is 4.21. The number of rotatable bonds is 11. The predicted molar refractivity (Wildman–Crippen MR) is 114 cm³/mol. The van der Waals surface area contributed by atoms with Crippen LogP contribution in [0.1, 0.15) is 45.6 Å². The summed E-state index contributed by atoms with van der Waals surface area (Å²) in [5.74, 6) is -3.80. The number of alkyl carbamates (subject to hydrolysis) is 1. The molecule has 1 aromatic carbocycles. The number of amides is 4. The van der Waals surface area contributed by atoms with E-state index in [1.165, 1.54) is 0 Å². The number of hydrogen-bond acceptors (Lipinski definition) is 6. The zero-order chi connectivity index (χ0) is 24.5. The third kappa shape index (κ3) is 9.45. The molecular weight excluding hydrogens is 420 g/mol. The highest BCUT2D eigenvalue weighted by Gasteiger charge is 2.35. The lowest BCUT2D eigenvalue weighted by Gasteiger charge is -2.33. The molecule has 0 aliphatic heterocycles. The van der Waals surface area contributed by atoms with Crippen molar-refractivity contribution < 1.29 is 33.8 Å². The molecule has 0 aromatic heterocycles. The molecule has 4 amide bonds. The summed E-state index contributed by atoms with van der Waals surface area (Å²) in [6, 6.07) is 5.83. The molecule has 0 bridgehead atoms. The smallest absolute Gasteiger partial charge is 0.408 e. The number of ether oxygens (including phenoxy) is 1. The summed E-state index contributed by atoms with van der Waals surface area (Å²) in [6.45, 7) is 4.74. The summed E-state index contributed by atoms with van der Waals surface area (Å²) in [4.78, 5) is 61.4. The van der Waals surface area contributed by atoms with Crippen LogP contribution < -0.4 is 16.8 Å². The Morgan fingerprint density at radius 3 is 2.16 bits per heavy atom. The van der Waals surface area contributed by atoms with Crippen LogP contribution in [0.4, 0.5) is 4.79 Å². The molecule has 0 unspecified atom stereocenters. The SMILES string of the molecule is CC(C)(C)OC(=O)N[C@@H](CC(N)=O)C(=O)N(Cc1ccccc1)[C@H](CCC(=O)O)C(N)=O. The van der Waals surface area contributed by atoms with E-state index >= 15 is 0 Å². The summed E-state index contributed by atoms with van der Waals surface area (Å²) >= 11 is 0. The molecule has 176 valence electrons. The number of carboxylic acid groups (broad SMARTS) is 1. The Morgan fingerprint density at radius 1 is 1.09 bits per heavy atom. The van der Waals surface area contributed by atoms with E-state index in [1.807, 2.05) is 0 Å². The van der Waals surface area contributed by atoms with Crippen molar-refractivity contribution in [1.29, 1.82) is 0 Å². The Balaban J connectivity index is 3.29. The summed E-state index contributed by atoms with van der Waals surface area (Å²) in [5, 5.41) is 11.3. The van der Waals surface area contributed by atoms with E-state index < -0.39 is 60.3 Å². The Bertz CT molecular complexity index is 836. The number of hydrogen-bond donors (Lipinski definition) is 4. The van der Waals surface area contributed by atoms with Crippen LogP contribution in [-0.2, 0) is 30.5 Å². The van der Waals surface area contributed by atoms with Crippen molar-refractivity contribution in [3.05, 3.63) is 35.9 Å². The van der Waals surface area contributed by atoms with Crippen LogP contribution in [0.5, 0.6) is 0 Å². The van der Waals surface area contributed by atoms with Gasteiger partial charge in [0.15, 0.2) is 0 Å². The molecule has 0 saturated heterocycles. The lowest BCUT2D eigenvalue weighted by Crippen LogP contribution is -2.56. The van der Waals surface area contributed by atoms with E-state index in [0.29, 0.717) is 5.56 Å². The molecule has 32 heavy (non-hydrogen) atoms. The molecule has 6 N–H and O–H groups in total. The van der Waals surface area contributed by atoms with Gasteiger partial charge < -0.3 is 31.5 Å². The van der Waals surface area contributed by atoms with Crippen molar-refractivity contribution in [2.24, 2.45) is 11.5 Å². The van der Waals surface area contributed by atoms with Crippen LogP contribution in [0.2, 0.25) is 0 Å². The summed E-state index contributed by atoms with van der Waals surface area (Å²) in [7, 11) is 0. The van der Waals surface area contributed by atoms with E-state index in [9.17, 15) is 24.0 Å². The van der Waals surface area contributed by atoms with Gasteiger partial charge in [-0.05, 0) is 32.8 Å². The summed E-state index contributed by atoms with van der Waals surface area (Å²) in [6.07, 6.45) is -2.20. The highest BCUT2D eigenvalue weighted by Crippen LogP contribution is 2.16. The fourth-order valence-corrected chi connectivity index (χ4v) is 2.88. The van der Waals surface area contributed by atoms with Crippen molar-refractivity contribution in [2.75, 3.05) is 0 Å². The monoisotopic (exact) mass is 450 g/mol. The molecule has 0 aliphatic carbocycles. The van der Waals surface area contributed by atoms with Crippen molar-refractivity contribution >= 4 is 29.8 Å². The highest BCUT2D eigenvalue weighted by molar-refractivity contribution is 5.93. The summed E-state index contributed by atoms with van der Waals surface area (Å²) < 4.78 is 5.14. The second-order valence-corrected chi connectivity index (χ2v) is 8.17. The number of carboxylic acids is 1. The molecule has 0 heterocycles. The van der Waals surface area contributed by atoms with Gasteiger partial charge in [-0.25, -0.2) is 4.79 Å². The highest BCUT2D eigenvalue weighted by atomic mass is 16.6. The molecule has 2 atom stereocenters. The lowest BCUT2D eigenvalue weighted by atomic mass is 10.0. The molecule has 0 fully saturated rings. The van der Waals surface area contributed by atoms with Gasteiger partial charge in [-0.3, -0.25) is 19.2 Å². The second kappa shape index (κ2) is 11.7. The first-order valence-electron chi connectivity index (χ1n) is 9.93. The largest absolute Gasteiger partial charge is 0.481 e. The summed E-state index contributed by atoms with van der Waals surface area (Å²) in [5.41, 5.74) is 10.5. The first kappa shape index (κ1) is 26.4. The average Bonchev–Trinajstić information content (AvgIpc) is 2.64. The molecule has 0 radical (unpaired) electrons. The Hall–Kier alpha value is -3.63. The van der Waals surface area contributed by atoms with Gasteiger partial charge in [-0.1, -0.05) is 30.3 Å². The van der Waals surface area contributed by atoms with Crippen LogP contribution >= 0.6 is 0 Å². The lowest BCUT2D eigenvalue weighted by molar-refractivity contribution is -0.144. The van der Waals surface area contributed by atoms with Crippen LogP contribution in [0, 0.1) is 0 Å². The Labute approximate surface area is 186 Å². The quantitative estimate of drug-likeness (QED) is 0.378. The van der Waals surface area contributed by atoms with Gasteiger partial charge in [0.1, 0.15) is 17.7 Å². The average molecular weight is 450 g/mol. The number of nitrogens with two attached hydrogens (primary N) is 2. The molecule has 1 rings (SSSR count). The number of carbonyl (C=O) groups excluding carboxylic acids is 4. The van der Waals surface area contributed by atoms with Crippen molar-refractivity contribution in [2.45, 2.75) is 64.3 Å². The molecule has 11 nitrogen and oxygen atoms in total. The van der Waals surface area contributed by atoms with E-state index in [4.69, 9.17) is 21.3 Å². The molecule has 0 spiro atoms. The zero-order valence-electron chi connectivity index (χ0n) is 18.4. The maximum absolute atomic E-state index is 13.4. The number of aliphatic carboxylic acids is 1. The number of nitrogens with zero attached hydrogens (tertiary/aromatic N) is 1. The Morgan fingerprint density at radius 2 is 1.69 bits per heavy atom. The van der Waals surface area contributed by atoms with Gasteiger partial charge in [0, 0.05) is 13.0 Å². The number of nitrogens with one attached hydrogen (secondary N) is 1. The van der Waals surface area contributed by atoms with Crippen molar-refractivity contribution in [3.8, 4) is 0 Å². The molecular formula is C21H30N4O7. The number of benzene rings is 1. The molecule has 0 aliphatic rings. The van der Waals surface area contributed by atoms with Crippen LogP contribution in [0.3, 0.4) is 0 Å². The predicted octanol–water partition coefficient (Wildman–Crippen LogP) is 0.503. The van der Waals surface area contributed by atoms with Gasteiger partial charge in [0.05, 0.1) is 6.42 Å². The second-order valence-electron chi connectivity index (χ2n) is 8.17. The van der Waals surface area contributed by atoms with Gasteiger partial charge in [0.2, 0.25) is 17.7 Å². The van der Waals surface area contributed by atoms with E-state index in [0.717, 1.165) is 4.90 Å². The fraction of sp³-hybridized carbons (Fsp3) is 0.476. The normalized spacial score (nSPS) is 12.8.